The highest BCUT2D eigenvalue weighted by atomic mass is 16.2. The molecule has 5 fully saturated rings. The normalized spacial score (nSPS) is 51.6. The number of amides is 1. The third kappa shape index (κ3) is 1.56. The zero-order chi connectivity index (χ0) is 11.7. The maximum absolute atomic E-state index is 12.6. The van der Waals surface area contributed by atoms with Gasteiger partial charge in [-0.05, 0) is 68.6 Å². The molecule has 0 radical (unpaired) electrons. The summed E-state index contributed by atoms with van der Waals surface area (Å²) in [5.74, 6) is 2.12. The van der Waals surface area contributed by atoms with Crippen molar-refractivity contribution >= 4 is 5.91 Å². The van der Waals surface area contributed by atoms with Crippen LogP contribution in [0.3, 0.4) is 0 Å². The van der Waals surface area contributed by atoms with Crippen molar-refractivity contribution in [2.45, 2.75) is 64.3 Å². The largest absolute Gasteiger partial charge is 0.353 e. The van der Waals surface area contributed by atoms with Crippen LogP contribution in [0, 0.1) is 22.7 Å². The van der Waals surface area contributed by atoms with Gasteiger partial charge in [0.1, 0.15) is 0 Å². The van der Waals surface area contributed by atoms with Gasteiger partial charge >= 0.3 is 0 Å². The lowest BCUT2D eigenvalue weighted by Crippen LogP contribution is -2.57. The second-order valence-corrected chi connectivity index (χ2v) is 7.80. The molecule has 1 N–H and O–H groups in total. The smallest absolute Gasteiger partial charge is 0.226 e. The summed E-state index contributed by atoms with van der Waals surface area (Å²) in [7, 11) is 0. The summed E-state index contributed by atoms with van der Waals surface area (Å²) in [4.78, 5) is 12.6. The Morgan fingerprint density at radius 3 is 2.29 bits per heavy atom. The maximum Gasteiger partial charge on any atom is 0.226 e. The van der Waals surface area contributed by atoms with E-state index in [1.165, 1.54) is 51.4 Å². The molecule has 0 aromatic heterocycles. The van der Waals surface area contributed by atoms with Gasteiger partial charge in [0.05, 0.1) is 5.41 Å². The van der Waals surface area contributed by atoms with Crippen LogP contribution >= 0.6 is 0 Å². The van der Waals surface area contributed by atoms with Gasteiger partial charge in [-0.1, -0.05) is 6.92 Å². The summed E-state index contributed by atoms with van der Waals surface area (Å²) in [6.07, 6.45) is 10.2. The second-order valence-electron chi connectivity index (χ2n) is 7.80. The molecule has 0 heterocycles. The Hall–Kier alpha value is -0.530. The molecule has 0 aliphatic heterocycles. The fourth-order valence-electron chi connectivity index (χ4n) is 5.55. The second kappa shape index (κ2) is 3.07. The van der Waals surface area contributed by atoms with Crippen LogP contribution in [0.4, 0.5) is 0 Å². The van der Waals surface area contributed by atoms with Crippen LogP contribution < -0.4 is 5.32 Å². The topological polar surface area (TPSA) is 29.1 Å². The van der Waals surface area contributed by atoms with Gasteiger partial charge in [0.25, 0.3) is 0 Å². The maximum atomic E-state index is 12.6. The van der Waals surface area contributed by atoms with Gasteiger partial charge in [-0.25, -0.2) is 0 Å². The average molecular weight is 233 g/mol. The number of hydrogen-bond acceptors (Lipinski definition) is 1. The van der Waals surface area contributed by atoms with E-state index in [1.807, 2.05) is 0 Å². The highest BCUT2D eigenvalue weighted by molar-refractivity contribution is 5.83. The third-order valence-corrected chi connectivity index (χ3v) is 5.75. The zero-order valence-corrected chi connectivity index (χ0v) is 10.8. The minimum absolute atomic E-state index is 0.0431. The minimum Gasteiger partial charge on any atom is -0.353 e. The first-order chi connectivity index (χ1) is 8.07. The molecule has 0 saturated heterocycles. The van der Waals surface area contributed by atoms with E-state index in [0.717, 1.165) is 11.8 Å². The highest BCUT2D eigenvalue weighted by Gasteiger charge is 2.59. The molecule has 94 valence electrons. The van der Waals surface area contributed by atoms with Crippen LogP contribution in [0.1, 0.15) is 58.3 Å². The molecule has 0 aromatic rings. The summed E-state index contributed by atoms with van der Waals surface area (Å²) in [6, 6.07) is 0.531. The van der Waals surface area contributed by atoms with Crippen molar-refractivity contribution in [1.82, 2.24) is 5.32 Å². The van der Waals surface area contributed by atoms with Crippen molar-refractivity contribution in [3.8, 4) is 0 Å². The van der Waals surface area contributed by atoms with Gasteiger partial charge in [-0.3, -0.25) is 4.79 Å². The number of nitrogens with one attached hydrogen (secondary N) is 1. The summed E-state index contributed by atoms with van der Waals surface area (Å²) in [5, 5.41) is 3.29. The first kappa shape index (κ1) is 10.4. The van der Waals surface area contributed by atoms with Gasteiger partial charge in [0.15, 0.2) is 0 Å². The number of carbonyl (C=O) groups is 1. The molecular weight excluding hydrogens is 210 g/mol. The fraction of sp³-hybridized carbons (Fsp3) is 0.933. The van der Waals surface area contributed by atoms with Crippen molar-refractivity contribution < 1.29 is 4.79 Å². The van der Waals surface area contributed by atoms with Gasteiger partial charge < -0.3 is 5.32 Å². The SMILES string of the molecule is CC12CC3CC(C1)CC(C(=O)NC1CC1)(C3)C2. The fourth-order valence-corrected chi connectivity index (χ4v) is 5.55. The Kier molecular flexibility index (Phi) is 1.88. The summed E-state index contributed by atoms with van der Waals surface area (Å²) in [6.45, 7) is 2.43. The quantitative estimate of drug-likeness (QED) is 0.780. The Balaban J connectivity index is 1.61. The van der Waals surface area contributed by atoms with Crippen LogP contribution in [-0.2, 0) is 4.79 Å². The predicted molar refractivity (Wildman–Crippen MR) is 66.4 cm³/mol. The van der Waals surface area contributed by atoms with Crippen LogP contribution in [0.5, 0.6) is 0 Å². The average Bonchev–Trinajstić information content (AvgIpc) is 2.97. The first-order valence-corrected chi connectivity index (χ1v) is 7.38. The van der Waals surface area contributed by atoms with Crippen molar-refractivity contribution in [2.75, 3.05) is 0 Å². The van der Waals surface area contributed by atoms with E-state index in [-0.39, 0.29) is 5.41 Å². The van der Waals surface area contributed by atoms with E-state index < -0.39 is 0 Å². The van der Waals surface area contributed by atoms with Crippen molar-refractivity contribution in [1.29, 1.82) is 0 Å². The molecule has 1 amide bonds. The van der Waals surface area contributed by atoms with Gasteiger partial charge in [0, 0.05) is 6.04 Å². The molecule has 2 unspecified atom stereocenters. The Morgan fingerprint density at radius 1 is 1.12 bits per heavy atom. The molecule has 2 nitrogen and oxygen atoms in total. The van der Waals surface area contributed by atoms with Gasteiger partial charge in [-0.15, -0.1) is 0 Å². The number of hydrogen-bond donors (Lipinski definition) is 1. The van der Waals surface area contributed by atoms with Gasteiger partial charge in [0.2, 0.25) is 5.91 Å². The Labute approximate surface area is 104 Å². The Bertz CT molecular complexity index is 357. The Morgan fingerprint density at radius 2 is 1.76 bits per heavy atom. The molecule has 2 heteroatoms. The van der Waals surface area contributed by atoms with Crippen LogP contribution in [-0.4, -0.2) is 11.9 Å². The molecule has 0 aromatic carbocycles. The van der Waals surface area contributed by atoms with E-state index in [4.69, 9.17) is 0 Å². The summed E-state index contributed by atoms with van der Waals surface area (Å²) >= 11 is 0. The van der Waals surface area contributed by atoms with Crippen LogP contribution in [0.15, 0.2) is 0 Å². The van der Waals surface area contributed by atoms with Crippen LogP contribution in [0.25, 0.3) is 0 Å². The lowest BCUT2D eigenvalue weighted by molar-refractivity contribution is -0.155. The standard InChI is InChI=1S/C15H23NO/c1-14-5-10-4-11(6-14)8-15(7-10,9-14)13(17)16-12-2-3-12/h10-12H,2-9H2,1H3,(H,16,17). The van der Waals surface area contributed by atoms with E-state index >= 15 is 0 Å². The molecule has 5 aliphatic rings. The molecule has 2 atom stereocenters. The zero-order valence-electron chi connectivity index (χ0n) is 10.8. The molecular formula is C15H23NO. The van der Waals surface area contributed by atoms with Crippen molar-refractivity contribution in [2.24, 2.45) is 22.7 Å². The minimum atomic E-state index is 0.0431. The van der Waals surface area contributed by atoms with E-state index in [2.05, 4.69) is 12.2 Å². The predicted octanol–water partition coefficient (Wildman–Crippen LogP) is 2.87. The molecule has 4 bridgehead atoms. The van der Waals surface area contributed by atoms with Gasteiger partial charge in [-0.2, -0.15) is 0 Å². The molecule has 5 aliphatic carbocycles. The lowest BCUT2D eigenvalue weighted by atomic mass is 9.44. The number of carbonyl (C=O) groups excluding carboxylic acids is 1. The lowest BCUT2D eigenvalue weighted by Gasteiger charge is -2.60. The summed E-state index contributed by atoms with van der Waals surface area (Å²) < 4.78 is 0. The third-order valence-electron chi connectivity index (χ3n) is 5.75. The number of rotatable bonds is 2. The van der Waals surface area contributed by atoms with Crippen LogP contribution in [0.2, 0.25) is 0 Å². The van der Waals surface area contributed by atoms with E-state index in [9.17, 15) is 4.79 Å². The van der Waals surface area contributed by atoms with E-state index in [1.54, 1.807) is 0 Å². The molecule has 0 spiro atoms. The highest BCUT2D eigenvalue weighted by Crippen LogP contribution is 2.65. The molecule has 5 saturated carbocycles. The van der Waals surface area contributed by atoms with Crippen molar-refractivity contribution in [3.63, 3.8) is 0 Å². The first-order valence-electron chi connectivity index (χ1n) is 7.38. The van der Waals surface area contributed by atoms with Crippen molar-refractivity contribution in [3.05, 3.63) is 0 Å². The van der Waals surface area contributed by atoms with E-state index in [0.29, 0.717) is 17.4 Å². The molecule has 5 rings (SSSR count). The summed E-state index contributed by atoms with van der Waals surface area (Å²) in [5.41, 5.74) is 0.534. The molecule has 17 heavy (non-hydrogen) atoms. The monoisotopic (exact) mass is 233 g/mol.